The summed E-state index contributed by atoms with van der Waals surface area (Å²) in [5.41, 5.74) is 0.375. The molecular formula is C13H13BrN2O. The molecule has 0 aliphatic rings. The minimum atomic E-state index is -0.596. The zero-order valence-corrected chi connectivity index (χ0v) is 11.3. The van der Waals surface area contributed by atoms with E-state index in [-0.39, 0.29) is 5.91 Å². The van der Waals surface area contributed by atoms with Gasteiger partial charge in [0, 0.05) is 16.9 Å². The molecule has 0 spiro atoms. The van der Waals surface area contributed by atoms with E-state index in [4.69, 9.17) is 0 Å². The van der Waals surface area contributed by atoms with Gasteiger partial charge in [-0.15, -0.1) is 0 Å². The maximum Gasteiger partial charge on any atom is 0.241 e. The maximum absolute atomic E-state index is 12.4. The lowest BCUT2D eigenvalue weighted by Gasteiger charge is -2.24. The van der Waals surface area contributed by atoms with Crippen LogP contribution in [0, 0.1) is 0 Å². The van der Waals surface area contributed by atoms with Crippen molar-refractivity contribution in [2.24, 2.45) is 0 Å². The second-order valence-electron chi connectivity index (χ2n) is 4.38. The number of imidazole rings is 1. The third kappa shape index (κ3) is 2.17. The Labute approximate surface area is 109 Å². The second-order valence-corrected chi connectivity index (χ2v) is 5.23. The van der Waals surface area contributed by atoms with E-state index in [1.165, 1.54) is 10.9 Å². The van der Waals surface area contributed by atoms with E-state index in [9.17, 15) is 4.79 Å². The molecule has 0 atom stereocenters. The van der Waals surface area contributed by atoms with E-state index >= 15 is 0 Å². The van der Waals surface area contributed by atoms with Gasteiger partial charge >= 0.3 is 0 Å². The standard InChI is InChI=1S/C13H13BrN2O/c1-13(2,10-5-3-4-6-11(10)14)12(17)16-8-7-15-9-16/h3-9H,1-2H3. The number of halogens is 1. The molecule has 3 nitrogen and oxygen atoms in total. The fraction of sp³-hybridized carbons (Fsp3) is 0.231. The quantitative estimate of drug-likeness (QED) is 0.851. The highest BCUT2D eigenvalue weighted by molar-refractivity contribution is 9.10. The molecule has 0 saturated carbocycles. The molecule has 0 aliphatic heterocycles. The fourth-order valence-corrected chi connectivity index (χ4v) is 2.57. The van der Waals surface area contributed by atoms with Gasteiger partial charge in [0.2, 0.25) is 5.91 Å². The van der Waals surface area contributed by atoms with Crippen molar-refractivity contribution in [3.8, 4) is 0 Å². The van der Waals surface area contributed by atoms with E-state index in [1.54, 1.807) is 12.4 Å². The van der Waals surface area contributed by atoms with E-state index < -0.39 is 5.41 Å². The topological polar surface area (TPSA) is 34.9 Å². The Kier molecular flexibility index (Phi) is 3.15. The zero-order valence-electron chi connectivity index (χ0n) is 9.72. The average molecular weight is 293 g/mol. The Balaban J connectivity index is 2.44. The molecule has 0 aliphatic carbocycles. The van der Waals surface area contributed by atoms with Crippen LogP contribution in [0.5, 0.6) is 0 Å². The summed E-state index contributed by atoms with van der Waals surface area (Å²) < 4.78 is 2.46. The monoisotopic (exact) mass is 292 g/mol. The van der Waals surface area contributed by atoms with Crippen LogP contribution in [0.1, 0.15) is 24.2 Å². The van der Waals surface area contributed by atoms with Crippen LogP contribution in [0.25, 0.3) is 0 Å². The number of aromatic nitrogens is 2. The molecule has 88 valence electrons. The Hall–Kier alpha value is -1.42. The normalized spacial score (nSPS) is 11.5. The van der Waals surface area contributed by atoms with E-state index in [1.807, 2.05) is 38.1 Å². The summed E-state index contributed by atoms with van der Waals surface area (Å²) in [6, 6.07) is 7.77. The fourth-order valence-electron chi connectivity index (χ4n) is 1.79. The number of benzene rings is 1. The molecule has 17 heavy (non-hydrogen) atoms. The summed E-state index contributed by atoms with van der Waals surface area (Å²) in [5.74, 6) is 0.00176. The molecule has 0 amide bonds. The molecule has 1 heterocycles. The molecule has 2 aromatic rings. The van der Waals surface area contributed by atoms with Gasteiger partial charge in [-0.1, -0.05) is 34.1 Å². The van der Waals surface area contributed by atoms with Crippen molar-refractivity contribution in [1.29, 1.82) is 0 Å². The summed E-state index contributed by atoms with van der Waals surface area (Å²) in [4.78, 5) is 16.3. The highest BCUT2D eigenvalue weighted by atomic mass is 79.9. The summed E-state index contributed by atoms with van der Waals surface area (Å²) in [5, 5.41) is 0. The molecule has 4 heteroatoms. The molecular weight excluding hydrogens is 280 g/mol. The number of carbonyl (C=O) groups is 1. The first-order valence-corrected chi connectivity index (χ1v) is 6.10. The summed E-state index contributed by atoms with van der Waals surface area (Å²) in [7, 11) is 0. The van der Waals surface area contributed by atoms with Gasteiger partial charge < -0.3 is 0 Å². The minimum Gasteiger partial charge on any atom is -0.276 e. The zero-order chi connectivity index (χ0) is 12.5. The Morgan fingerprint density at radius 1 is 1.35 bits per heavy atom. The molecule has 0 saturated heterocycles. The van der Waals surface area contributed by atoms with Gasteiger partial charge in [-0.2, -0.15) is 0 Å². The molecule has 1 aromatic heterocycles. The lowest BCUT2D eigenvalue weighted by atomic mass is 9.83. The van der Waals surface area contributed by atoms with Crippen LogP contribution in [0.3, 0.4) is 0 Å². The van der Waals surface area contributed by atoms with E-state index in [0.717, 1.165) is 10.0 Å². The van der Waals surface area contributed by atoms with Crippen LogP contribution >= 0.6 is 15.9 Å². The van der Waals surface area contributed by atoms with Crippen LogP contribution in [0.15, 0.2) is 47.5 Å². The van der Waals surface area contributed by atoms with E-state index in [2.05, 4.69) is 20.9 Å². The Morgan fingerprint density at radius 3 is 2.65 bits per heavy atom. The van der Waals surface area contributed by atoms with Gasteiger partial charge in [0.1, 0.15) is 6.33 Å². The minimum absolute atomic E-state index is 0.00176. The smallest absolute Gasteiger partial charge is 0.241 e. The maximum atomic E-state index is 12.4. The molecule has 1 aromatic carbocycles. The molecule has 0 unspecified atom stereocenters. The second kappa shape index (κ2) is 4.45. The number of carbonyl (C=O) groups excluding carboxylic acids is 1. The Morgan fingerprint density at radius 2 is 2.06 bits per heavy atom. The van der Waals surface area contributed by atoms with Gasteiger partial charge in [0.25, 0.3) is 0 Å². The first kappa shape index (κ1) is 12.0. The van der Waals surface area contributed by atoms with Crippen LogP contribution in [-0.2, 0) is 5.41 Å². The molecule has 0 N–H and O–H groups in total. The lowest BCUT2D eigenvalue weighted by molar-refractivity contribution is 0.0821. The highest BCUT2D eigenvalue weighted by Crippen LogP contribution is 2.31. The molecule has 2 rings (SSSR count). The van der Waals surface area contributed by atoms with Crippen molar-refractivity contribution in [1.82, 2.24) is 9.55 Å². The van der Waals surface area contributed by atoms with Crippen LogP contribution in [0.2, 0.25) is 0 Å². The average Bonchev–Trinajstić information content (AvgIpc) is 2.81. The number of hydrogen-bond donors (Lipinski definition) is 0. The third-order valence-corrected chi connectivity index (χ3v) is 3.51. The van der Waals surface area contributed by atoms with Crippen molar-refractivity contribution in [2.75, 3.05) is 0 Å². The first-order chi connectivity index (χ1) is 8.03. The third-order valence-electron chi connectivity index (χ3n) is 2.82. The van der Waals surface area contributed by atoms with Gasteiger partial charge in [0.05, 0.1) is 5.41 Å². The summed E-state index contributed by atoms with van der Waals surface area (Å²) in [6.07, 6.45) is 4.80. The molecule has 0 radical (unpaired) electrons. The summed E-state index contributed by atoms with van der Waals surface area (Å²) in [6.45, 7) is 3.82. The van der Waals surface area contributed by atoms with E-state index in [0.29, 0.717) is 0 Å². The van der Waals surface area contributed by atoms with Gasteiger partial charge in [-0.3, -0.25) is 9.36 Å². The SMILES string of the molecule is CC(C)(C(=O)n1ccnc1)c1ccccc1Br. The van der Waals surface area contributed by atoms with Gasteiger partial charge in [-0.05, 0) is 25.5 Å². The van der Waals surface area contributed by atoms with Gasteiger partial charge in [-0.25, -0.2) is 4.98 Å². The van der Waals surface area contributed by atoms with Crippen LogP contribution < -0.4 is 0 Å². The molecule has 0 bridgehead atoms. The van der Waals surface area contributed by atoms with Crippen molar-refractivity contribution in [3.63, 3.8) is 0 Å². The summed E-state index contributed by atoms with van der Waals surface area (Å²) >= 11 is 3.49. The highest BCUT2D eigenvalue weighted by Gasteiger charge is 2.32. The largest absolute Gasteiger partial charge is 0.276 e. The Bertz CT molecular complexity index is 532. The predicted octanol–water partition coefficient (Wildman–Crippen LogP) is 3.26. The number of hydrogen-bond acceptors (Lipinski definition) is 2. The first-order valence-electron chi connectivity index (χ1n) is 5.31. The van der Waals surface area contributed by atoms with Crippen LogP contribution in [-0.4, -0.2) is 15.5 Å². The van der Waals surface area contributed by atoms with Gasteiger partial charge in [0.15, 0.2) is 0 Å². The predicted molar refractivity (Wildman–Crippen MR) is 70.0 cm³/mol. The molecule has 0 fully saturated rings. The number of rotatable bonds is 2. The van der Waals surface area contributed by atoms with Crippen molar-refractivity contribution in [3.05, 3.63) is 53.0 Å². The van der Waals surface area contributed by atoms with Crippen LogP contribution in [0.4, 0.5) is 0 Å². The number of nitrogens with zero attached hydrogens (tertiary/aromatic N) is 2. The van der Waals surface area contributed by atoms with Crippen molar-refractivity contribution >= 4 is 21.8 Å². The van der Waals surface area contributed by atoms with Crippen molar-refractivity contribution < 1.29 is 4.79 Å². The van der Waals surface area contributed by atoms with Crippen molar-refractivity contribution in [2.45, 2.75) is 19.3 Å². The lowest BCUT2D eigenvalue weighted by Crippen LogP contribution is -2.33.